The van der Waals surface area contributed by atoms with Gasteiger partial charge in [-0.15, -0.1) is 10.2 Å². The molecule has 1 aliphatic rings. The van der Waals surface area contributed by atoms with Crippen LogP contribution in [0.5, 0.6) is 0 Å². The van der Waals surface area contributed by atoms with Gasteiger partial charge in [0.1, 0.15) is 5.82 Å². The van der Waals surface area contributed by atoms with Crippen LogP contribution >= 0.6 is 11.6 Å². The zero-order valence-electron chi connectivity index (χ0n) is 14.5. The van der Waals surface area contributed by atoms with E-state index in [1.165, 1.54) is 0 Å². The van der Waals surface area contributed by atoms with Crippen LogP contribution in [-0.2, 0) is 6.18 Å². The molecule has 1 fully saturated rings. The number of hydrogen-bond acceptors (Lipinski definition) is 6. The number of halogens is 4. The Labute approximate surface area is 163 Å². The first-order valence-corrected chi connectivity index (χ1v) is 8.86. The molecular weight excluding hydrogens is 395 g/mol. The van der Waals surface area contributed by atoms with Crippen LogP contribution in [0, 0.1) is 0 Å². The van der Waals surface area contributed by atoms with Crippen LogP contribution in [0.3, 0.4) is 0 Å². The van der Waals surface area contributed by atoms with Gasteiger partial charge in [-0.1, -0.05) is 11.6 Å². The summed E-state index contributed by atoms with van der Waals surface area (Å²) in [4.78, 5) is 7.84. The zero-order chi connectivity index (χ0) is 19.7. The Bertz CT molecular complexity index is 936. The van der Waals surface area contributed by atoms with E-state index in [-0.39, 0.29) is 5.02 Å². The van der Waals surface area contributed by atoms with Crippen molar-refractivity contribution < 1.29 is 13.2 Å². The molecule has 0 radical (unpaired) electrons. The molecule has 0 aliphatic carbocycles. The van der Waals surface area contributed by atoms with Gasteiger partial charge in [0.05, 0.1) is 10.6 Å². The van der Waals surface area contributed by atoms with Crippen LogP contribution in [-0.4, -0.2) is 51.1 Å². The summed E-state index contributed by atoms with van der Waals surface area (Å²) in [6, 6.07) is 6.41. The average molecular weight is 410 g/mol. The first-order chi connectivity index (χ1) is 13.4. The highest BCUT2D eigenvalue weighted by Crippen LogP contribution is 2.33. The summed E-state index contributed by atoms with van der Waals surface area (Å²) in [5.74, 6) is 1.70. The van der Waals surface area contributed by atoms with Crippen molar-refractivity contribution in [3.8, 4) is 5.82 Å². The van der Waals surface area contributed by atoms with Crippen molar-refractivity contribution in [2.75, 3.05) is 36.0 Å². The van der Waals surface area contributed by atoms with E-state index in [0.29, 0.717) is 37.8 Å². The van der Waals surface area contributed by atoms with Crippen molar-refractivity contribution in [3.05, 3.63) is 53.4 Å². The van der Waals surface area contributed by atoms with Gasteiger partial charge in [-0.3, -0.25) is 0 Å². The molecule has 4 heterocycles. The lowest BCUT2D eigenvalue weighted by Gasteiger charge is -2.36. The van der Waals surface area contributed by atoms with Crippen LogP contribution in [0.15, 0.2) is 42.9 Å². The van der Waals surface area contributed by atoms with Gasteiger partial charge in [-0.2, -0.15) is 18.3 Å². The second kappa shape index (κ2) is 7.27. The fraction of sp³-hybridized carbons (Fsp3) is 0.294. The molecule has 0 bridgehead atoms. The number of pyridine rings is 1. The van der Waals surface area contributed by atoms with Gasteiger partial charge in [0.25, 0.3) is 0 Å². The number of anilines is 2. The van der Waals surface area contributed by atoms with Crippen molar-refractivity contribution >= 4 is 23.2 Å². The molecule has 7 nitrogen and oxygen atoms in total. The number of piperazine rings is 1. The quantitative estimate of drug-likeness (QED) is 0.662. The third-order valence-corrected chi connectivity index (χ3v) is 4.71. The molecule has 0 N–H and O–H groups in total. The number of aromatic nitrogens is 5. The van der Waals surface area contributed by atoms with Crippen LogP contribution in [0.2, 0.25) is 5.02 Å². The molecule has 28 heavy (non-hydrogen) atoms. The van der Waals surface area contributed by atoms with Gasteiger partial charge < -0.3 is 9.80 Å². The van der Waals surface area contributed by atoms with E-state index in [9.17, 15) is 13.2 Å². The highest BCUT2D eigenvalue weighted by Gasteiger charge is 2.32. The van der Waals surface area contributed by atoms with E-state index in [1.807, 2.05) is 21.9 Å². The summed E-state index contributed by atoms with van der Waals surface area (Å²) in [6.45, 7) is 2.35. The number of nitrogens with zero attached hydrogens (tertiary/aromatic N) is 7. The molecule has 0 aromatic carbocycles. The number of rotatable bonds is 3. The van der Waals surface area contributed by atoms with Gasteiger partial charge >= 0.3 is 6.18 Å². The van der Waals surface area contributed by atoms with Gasteiger partial charge in [0, 0.05) is 44.8 Å². The summed E-state index contributed by atoms with van der Waals surface area (Å²) in [7, 11) is 0. The highest BCUT2D eigenvalue weighted by atomic mass is 35.5. The Morgan fingerprint density at radius 3 is 2.21 bits per heavy atom. The largest absolute Gasteiger partial charge is 0.417 e. The average Bonchev–Trinajstić information content (AvgIpc) is 3.22. The van der Waals surface area contributed by atoms with Crippen LogP contribution in [0.25, 0.3) is 5.82 Å². The smallest absolute Gasteiger partial charge is 0.352 e. The SMILES string of the molecule is FC(F)(F)c1cnc(N2CCN(c3ccc(-n4cccn4)nn3)CC2)c(Cl)c1. The molecule has 3 aromatic rings. The Balaban J connectivity index is 1.42. The first-order valence-electron chi connectivity index (χ1n) is 8.48. The molecule has 0 spiro atoms. The van der Waals surface area contributed by atoms with Crippen LogP contribution in [0.4, 0.5) is 24.8 Å². The summed E-state index contributed by atoms with van der Waals surface area (Å²) in [6.07, 6.45) is -0.208. The minimum atomic E-state index is -4.46. The van der Waals surface area contributed by atoms with Gasteiger partial charge in [-0.05, 0) is 24.3 Å². The lowest BCUT2D eigenvalue weighted by atomic mass is 10.2. The van der Waals surface area contributed by atoms with Crippen molar-refractivity contribution in [2.24, 2.45) is 0 Å². The molecule has 0 saturated carbocycles. The Morgan fingerprint density at radius 1 is 0.964 bits per heavy atom. The standard InChI is InChI=1S/C17H15ClF3N7/c18-13-10-12(17(19,20)21)11-22-16(13)27-8-6-26(7-9-27)14-2-3-15(25-24-14)28-5-1-4-23-28/h1-5,10-11H,6-9H2. The fourth-order valence-corrected chi connectivity index (χ4v) is 3.27. The van der Waals surface area contributed by atoms with Gasteiger partial charge in [-0.25, -0.2) is 9.67 Å². The Hall–Kier alpha value is -2.88. The summed E-state index contributed by atoms with van der Waals surface area (Å²) >= 11 is 6.04. The summed E-state index contributed by atoms with van der Waals surface area (Å²) in [5.41, 5.74) is -0.854. The third-order valence-electron chi connectivity index (χ3n) is 4.43. The second-order valence-electron chi connectivity index (χ2n) is 6.20. The summed E-state index contributed by atoms with van der Waals surface area (Å²) in [5, 5.41) is 12.5. The maximum Gasteiger partial charge on any atom is 0.417 e. The fourth-order valence-electron chi connectivity index (χ4n) is 2.98. The normalized spacial score (nSPS) is 15.1. The molecule has 1 aliphatic heterocycles. The van der Waals surface area contributed by atoms with Crippen LogP contribution in [0.1, 0.15) is 5.56 Å². The lowest BCUT2D eigenvalue weighted by molar-refractivity contribution is -0.137. The van der Waals surface area contributed by atoms with Crippen molar-refractivity contribution in [1.29, 1.82) is 0 Å². The summed E-state index contributed by atoms with van der Waals surface area (Å²) < 4.78 is 39.9. The maximum absolute atomic E-state index is 12.8. The van der Waals surface area contributed by atoms with Crippen molar-refractivity contribution in [3.63, 3.8) is 0 Å². The lowest BCUT2D eigenvalue weighted by Crippen LogP contribution is -2.47. The molecule has 11 heteroatoms. The number of hydrogen-bond donors (Lipinski definition) is 0. The molecule has 0 unspecified atom stereocenters. The second-order valence-corrected chi connectivity index (χ2v) is 6.61. The molecule has 3 aromatic heterocycles. The first kappa shape index (κ1) is 18.5. The van der Waals surface area contributed by atoms with Crippen molar-refractivity contribution in [1.82, 2.24) is 25.0 Å². The molecule has 0 amide bonds. The van der Waals surface area contributed by atoms with E-state index in [1.54, 1.807) is 23.1 Å². The molecule has 1 saturated heterocycles. The molecular formula is C17H15ClF3N7. The zero-order valence-corrected chi connectivity index (χ0v) is 15.3. The Morgan fingerprint density at radius 2 is 1.64 bits per heavy atom. The van der Waals surface area contributed by atoms with E-state index in [2.05, 4.69) is 20.3 Å². The molecule has 0 atom stereocenters. The predicted molar refractivity (Wildman–Crippen MR) is 97.8 cm³/mol. The van der Waals surface area contributed by atoms with E-state index < -0.39 is 11.7 Å². The van der Waals surface area contributed by atoms with Crippen molar-refractivity contribution in [2.45, 2.75) is 6.18 Å². The highest BCUT2D eigenvalue weighted by molar-refractivity contribution is 6.33. The van der Waals surface area contributed by atoms with E-state index in [4.69, 9.17) is 11.6 Å². The van der Waals surface area contributed by atoms with Crippen LogP contribution < -0.4 is 9.80 Å². The Kier molecular flexibility index (Phi) is 4.80. The maximum atomic E-state index is 12.8. The monoisotopic (exact) mass is 409 g/mol. The van der Waals surface area contributed by atoms with E-state index >= 15 is 0 Å². The van der Waals surface area contributed by atoms with E-state index in [0.717, 1.165) is 18.1 Å². The van der Waals surface area contributed by atoms with Gasteiger partial charge in [0.2, 0.25) is 0 Å². The minimum Gasteiger partial charge on any atom is -0.352 e. The number of alkyl halides is 3. The third kappa shape index (κ3) is 3.72. The predicted octanol–water partition coefficient (Wildman–Crippen LogP) is 3.06. The van der Waals surface area contributed by atoms with Gasteiger partial charge in [0.15, 0.2) is 11.6 Å². The molecule has 4 rings (SSSR count). The molecule has 146 valence electrons. The topological polar surface area (TPSA) is 63.0 Å². The minimum absolute atomic E-state index is 0.00774.